The van der Waals surface area contributed by atoms with Crippen LogP contribution in [0.25, 0.3) is 0 Å². The fraction of sp³-hybridized carbons (Fsp3) is 0.800. The van der Waals surface area contributed by atoms with Gasteiger partial charge >= 0.3 is 11.9 Å². The molecule has 2 N–H and O–H groups in total. The van der Waals surface area contributed by atoms with Crippen LogP contribution in [0.2, 0.25) is 0 Å². The van der Waals surface area contributed by atoms with E-state index >= 15 is 0 Å². The van der Waals surface area contributed by atoms with Gasteiger partial charge in [-0.05, 0) is 13.3 Å². The Morgan fingerprint density at radius 2 is 1.95 bits per heavy atom. The number of unbranched alkanes of at least 4 members (excludes halogenated alkanes) is 4. The zero-order valence-corrected chi connectivity index (χ0v) is 12.8. The molecule has 1 aliphatic heterocycles. The molecule has 0 aliphatic carbocycles. The van der Waals surface area contributed by atoms with Crippen LogP contribution in [-0.2, 0) is 19.1 Å². The third-order valence-electron chi connectivity index (χ3n) is 3.77. The van der Waals surface area contributed by atoms with Gasteiger partial charge in [0, 0.05) is 6.42 Å². The molecule has 6 nitrogen and oxygen atoms in total. The minimum atomic E-state index is -0.973. The van der Waals surface area contributed by atoms with Crippen molar-refractivity contribution in [2.75, 3.05) is 0 Å². The molecule has 0 saturated carbocycles. The number of hydrogen-bond donors (Lipinski definition) is 2. The minimum absolute atomic E-state index is 0.144. The molecule has 1 fully saturated rings. The average Bonchev–Trinajstić information content (AvgIpc) is 2.36. The van der Waals surface area contributed by atoms with Gasteiger partial charge in [0.15, 0.2) is 0 Å². The summed E-state index contributed by atoms with van der Waals surface area (Å²) in [5, 5.41) is 11.3. The summed E-state index contributed by atoms with van der Waals surface area (Å²) in [5.41, 5.74) is 0. The second-order valence-corrected chi connectivity index (χ2v) is 5.60. The quantitative estimate of drug-likeness (QED) is 0.365. The average molecular weight is 299 g/mol. The lowest BCUT2D eigenvalue weighted by molar-refractivity contribution is -0.159. The molecule has 21 heavy (non-hydrogen) atoms. The lowest BCUT2D eigenvalue weighted by Crippen LogP contribution is -2.63. The second kappa shape index (κ2) is 8.64. The van der Waals surface area contributed by atoms with Gasteiger partial charge in [0.2, 0.25) is 5.91 Å². The van der Waals surface area contributed by atoms with Gasteiger partial charge in [0.05, 0.1) is 18.4 Å². The first-order valence-electron chi connectivity index (χ1n) is 7.67. The molecule has 0 spiro atoms. The molecule has 0 aromatic heterocycles. The molecule has 1 saturated heterocycles. The molecular formula is C15H25NO5. The predicted molar refractivity (Wildman–Crippen MR) is 76.6 cm³/mol. The Kier molecular flexibility index (Phi) is 7.19. The third-order valence-corrected chi connectivity index (χ3v) is 3.77. The van der Waals surface area contributed by atoms with Crippen molar-refractivity contribution < 1.29 is 24.2 Å². The molecule has 0 aromatic carbocycles. The van der Waals surface area contributed by atoms with Crippen molar-refractivity contribution in [3.63, 3.8) is 0 Å². The number of aliphatic carboxylic acids is 1. The Labute approximate surface area is 125 Å². The normalized spacial score (nSPS) is 22.1. The van der Waals surface area contributed by atoms with Crippen LogP contribution in [0.3, 0.4) is 0 Å². The highest BCUT2D eigenvalue weighted by Crippen LogP contribution is 2.24. The number of carbonyl (C=O) groups excluding carboxylic acids is 2. The number of ether oxygens (including phenoxy) is 1. The first-order valence-corrected chi connectivity index (χ1v) is 7.67. The molecule has 1 aliphatic rings. The van der Waals surface area contributed by atoms with Crippen molar-refractivity contribution in [2.45, 2.75) is 70.9 Å². The van der Waals surface area contributed by atoms with Crippen LogP contribution in [0.4, 0.5) is 0 Å². The number of nitrogens with one attached hydrogen (secondary N) is 1. The first kappa shape index (κ1) is 17.5. The van der Waals surface area contributed by atoms with Crippen molar-refractivity contribution >= 4 is 17.8 Å². The van der Waals surface area contributed by atoms with Gasteiger partial charge in [0.25, 0.3) is 0 Å². The fourth-order valence-electron chi connectivity index (χ4n) is 2.57. The molecule has 6 heteroatoms. The Morgan fingerprint density at radius 1 is 1.29 bits per heavy atom. The van der Waals surface area contributed by atoms with Gasteiger partial charge in [-0.3, -0.25) is 14.4 Å². The summed E-state index contributed by atoms with van der Waals surface area (Å²) in [5.74, 6) is -2.08. The van der Waals surface area contributed by atoms with Gasteiger partial charge in [0.1, 0.15) is 6.10 Å². The largest absolute Gasteiger partial charge is 0.481 e. The second-order valence-electron chi connectivity index (χ2n) is 5.60. The van der Waals surface area contributed by atoms with Crippen LogP contribution in [0.15, 0.2) is 0 Å². The maximum Gasteiger partial charge on any atom is 0.306 e. The molecule has 0 bridgehead atoms. The van der Waals surface area contributed by atoms with Crippen molar-refractivity contribution in [3.8, 4) is 0 Å². The van der Waals surface area contributed by atoms with E-state index in [0.29, 0.717) is 6.42 Å². The van der Waals surface area contributed by atoms with E-state index < -0.39 is 24.0 Å². The standard InChI is InChI=1S/C15H25NO5/c1-3-4-5-6-7-8-13(19)21-10(2)14-11(9-12(17)18)16-15(14)20/h10-11,14H,3-9H2,1-2H3,(H,16,20)(H,17,18)/t10-,11-,14-/m1/s1. The molecule has 120 valence electrons. The monoisotopic (exact) mass is 299 g/mol. The number of rotatable bonds is 10. The van der Waals surface area contributed by atoms with E-state index in [1.807, 2.05) is 0 Å². The van der Waals surface area contributed by atoms with Crippen LogP contribution in [0.1, 0.15) is 58.8 Å². The zero-order valence-electron chi connectivity index (χ0n) is 12.8. The lowest BCUT2D eigenvalue weighted by Gasteiger charge is -2.38. The predicted octanol–water partition coefficient (Wildman–Crippen LogP) is 1.87. The van der Waals surface area contributed by atoms with Crippen LogP contribution in [0.5, 0.6) is 0 Å². The summed E-state index contributed by atoms with van der Waals surface area (Å²) in [6.07, 6.45) is 4.87. The summed E-state index contributed by atoms with van der Waals surface area (Å²) < 4.78 is 5.25. The van der Waals surface area contributed by atoms with Crippen LogP contribution >= 0.6 is 0 Å². The Morgan fingerprint density at radius 3 is 2.52 bits per heavy atom. The van der Waals surface area contributed by atoms with E-state index in [1.165, 1.54) is 6.42 Å². The van der Waals surface area contributed by atoms with E-state index in [0.717, 1.165) is 25.7 Å². The zero-order chi connectivity index (χ0) is 15.8. The SMILES string of the molecule is CCCCCCCC(=O)O[C@H](C)[C@H]1C(=O)N[C@@H]1CC(=O)O. The maximum absolute atomic E-state index is 11.7. The third kappa shape index (κ3) is 5.73. The van der Waals surface area contributed by atoms with Crippen molar-refractivity contribution in [1.82, 2.24) is 5.32 Å². The molecule has 1 amide bonds. The maximum atomic E-state index is 11.7. The van der Waals surface area contributed by atoms with Gasteiger partial charge < -0.3 is 15.2 Å². The van der Waals surface area contributed by atoms with Gasteiger partial charge in [-0.1, -0.05) is 32.6 Å². The van der Waals surface area contributed by atoms with E-state index in [-0.39, 0.29) is 18.3 Å². The van der Waals surface area contributed by atoms with Crippen LogP contribution in [-0.4, -0.2) is 35.1 Å². The van der Waals surface area contributed by atoms with E-state index in [1.54, 1.807) is 6.92 Å². The smallest absolute Gasteiger partial charge is 0.306 e. The molecule has 0 aromatic rings. The highest BCUT2D eigenvalue weighted by molar-refractivity contribution is 5.88. The summed E-state index contributed by atoms with van der Waals surface area (Å²) in [4.78, 5) is 33.8. The number of carbonyl (C=O) groups is 3. The van der Waals surface area contributed by atoms with Gasteiger partial charge in [-0.25, -0.2) is 0 Å². The molecule has 0 radical (unpaired) electrons. The Hall–Kier alpha value is -1.59. The Balaban J connectivity index is 2.27. The molecule has 1 heterocycles. The number of hydrogen-bond acceptors (Lipinski definition) is 4. The fourth-order valence-corrected chi connectivity index (χ4v) is 2.57. The molecule has 0 unspecified atom stereocenters. The van der Waals surface area contributed by atoms with Crippen molar-refractivity contribution in [2.24, 2.45) is 5.92 Å². The molecular weight excluding hydrogens is 274 g/mol. The minimum Gasteiger partial charge on any atom is -0.481 e. The van der Waals surface area contributed by atoms with Crippen molar-refractivity contribution in [1.29, 1.82) is 0 Å². The van der Waals surface area contributed by atoms with Crippen LogP contribution in [0, 0.1) is 5.92 Å². The van der Waals surface area contributed by atoms with Gasteiger partial charge in [-0.15, -0.1) is 0 Å². The van der Waals surface area contributed by atoms with Gasteiger partial charge in [-0.2, -0.15) is 0 Å². The number of β-lactam (4-membered cyclic amide) rings is 1. The van der Waals surface area contributed by atoms with E-state index in [4.69, 9.17) is 9.84 Å². The van der Waals surface area contributed by atoms with E-state index in [2.05, 4.69) is 12.2 Å². The molecule has 1 rings (SSSR count). The van der Waals surface area contributed by atoms with E-state index in [9.17, 15) is 14.4 Å². The highest BCUT2D eigenvalue weighted by Gasteiger charge is 2.45. The Bertz CT molecular complexity index is 382. The lowest BCUT2D eigenvalue weighted by atomic mass is 9.84. The van der Waals surface area contributed by atoms with Crippen LogP contribution < -0.4 is 5.32 Å². The highest BCUT2D eigenvalue weighted by atomic mass is 16.5. The summed E-state index contributed by atoms with van der Waals surface area (Å²) >= 11 is 0. The number of esters is 1. The molecule has 3 atom stereocenters. The number of amides is 1. The number of carboxylic acid groups (broad SMARTS) is 1. The van der Waals surface area contributed by atoms with Crippen molar-refractivity contribution in [3.05, 3.63) is 0 Å². The summed E-state index contributed by atoms with van der Waals surface area (Å²) in [6, 6.07) is -0.442. The summed E-state index contributed by atoms with van der Waals surface area (Å²) in [6.45, 7) is 3.78. The summed E-state index contributed by atoms with van der Waals surface area (Å²) in [7, 11) is 0. The first-order chi connectivity index (χ1) is 9.95. The topological polar surface area (TPSA) is 92.7 Å². The number of carboxylic acids is 1.